The molecule has 18 heavy (non-hydrogen) atoms. The zero-order chi connectivity index (χ0) is 12.7. The Balaban J connectivity index is 2.54. The van der Waals surface area contributed by atoms with Crippen LogP contribution in [0, 0.1) is 9.54 Å². The number of aromatic amines is 3. The van der Waals surface area contributed by atoms with Crippen molar-refractivity contribution >= 4 is 35.6 Å². The van der Waals surface area contributed by atoms with Crippen LogP contribution < -0.4 is 5.56 Å². The molecule has 3 aromatic rings. The van der Waals surface area contributed by atoms with E-state index >= 15 is 0 Å². The van der Waals surface area contributed by atoms with Crippen molar-refractivity contribution in [2.75, 3.05) is 0 Å². The van der Waals surface area contributed by atoms with E-state index in [0.29, 0.717) is 20.7 Å². The second-order valence-electron chi connectivity index (χ2n) is 3.73. The highest BCUT2D eigenvalue weighted by molar-refractivity contribution is 7.71. The zero-order valence-corrected chi connectivity index (χ0v) is 10.7. The average Bonchev–Trinajstić information content (AvgIpc) is 2.72. The highest BCUT2D eigenvalue weighted by Gasteiger charge is 2.08. The predicted molar refractivity (Wildman–Crippen MR) is 74.3 cm³/mol. The van der Waals surface area contributed by atoms with Gasteiger partial charge in [-0.15, -0.1) is 0 Å². The van der Waals surface area contributed by atoms with Gasteiger partial charge in [0.25, 0.3) is 5.56 Å². The quantitative estimate of drug-likeness (QED) is 0.598. The SMILES string of the molecule is O=c1[nH]c(=S)n(-c2ccccc2)c2[nH]c(=S)[nH]c12. The van der Waals surface area contributed by atoms with Crippen molar-refractivity contribution in [2.24, 2.45) is 0 Å². The molecule has 90 valence electrons. The summed E-state index contributed by atoms with van der Waals surface area (Å²) in [5.41, 5.74) is 1.53. The minimum Gasteiger partial charge on any atom is -0.325 e. The summed E-state index contributed by atoms with van der Waals surface area (Å²) in [5.74, 6) is 0. The van der Waals surface area contributed by atoms with Crippen LogP contribution in [0.25, 0.3) is 16.9 Å². The molecule has 0 saturated carbocycles. The van der Waals surface area contributed by atoms with Crippen molar-refractivity contribution in [3.63, 3.8) is 0 Å². The summed E-state index contributed by atoms with van der Waals surface area (Å²) in [5, 5.41) is 0. The number of hydrogen-bond donors (Lipinski definition) is 3. The Hall–Kier alpha value is -1.99. The molecule has 3 N–H and O–H groups in total. The maximum absolute atomic E-state index is 11.8. The molecule has 5 nitrogen and oxygen atoms in total. The van der Waals surface area contributed by atoms with Crippen molar-refractivity contribution < 1.29 is 0 Å². The molecule has 2 aromatic heterocycles. The molecule has 1 aromatic carbocycles. The van der Waals surface area contributed by atoms with Crippen LogP contribution in [-0.4, -0.2) is 19.5 Å². The van der Waals surface area contributed by atoms with Gasteiger partial charge >= 0.3 is 0 Å². The standard InChI is InChI=1S/C11H8N4OS2/c16-9-7-8(13-10(17)12-7)15(11(18)14-9)6-4-2-1-3-5-6/h1-5H,(H2,12,13,17)(H,14,16,18). The van der Waals surface area contributed by atoms with Crippen LogP contribution in [0.5, 0.6) is 0 Å². The van der Waals surface area contributed by atoms with E-state index in [0.717, 1.165) is 5.69 Å². The predicted octanol–water partition coefficient (Wildman–Crippen LogP) is 2.43. The molecule has 2 heterocycles. The van der Waals surface area contributed by atoms with E-state index in [2.05, 4.69) is 15.0 Å². The van der Waals surface area contributed by atoms with Crippen LogP contribution in [0.2, 0.25) is 0 Å². The Labute approximate surface area is 111 Å². The van der Waals surface area contributed by atoms with Crippen LogP contribution in [0.4, 0.5) is 0 Å². The summed E-state index contributed by atoms with van der Waals surface area (Å²) in [7, 11) is 0. The maximum Gasteiger partial charge on any atom is 0.277 e. The molecule has 0 fully saturated rings. The molecule has 0 aliphatic rings. The number of nitrogens with zero attached hydrogens (tertiary/aromatic N) is 1. The van der Waals surface area contributed by atoms with Gasteiger partial charge in [0, 0.05) is 5.69 Å². The average molecular weight is 276 g/mol. The molecule has 0 aliphatic heterocycles. The lowest BCUT2D eigenvalue weighted by molar-refractivity contribution is 0.974. The number of rotatable bonds is 1. The number of H-pyrrole nitrogens is 3. The van der Waals surface area contributed by atoms with Gasteiger partial charge in [0.2, 0.25) is 0 Å². The van der Waals surface area contributed by atoms with Gasteiger partial charge in [0.15, 0.2) is 9.54 Å². The molecule has 3 rings (SSSR count). The molecule has 0 atom stereocenters. The number of imidazole rings is 1. The number of nitrogens with one attached hydrogen (secondary N) is 3. The fourth-order valence-corrected chi connectivity index (χ4v) is 2.33. The number of benzene rings is 1. The summed E-state index contributed by atoms with van der Waals surface area (Å²) in [6, 6.07) is 9.51. The van der Waals surface area contributed by atoms with Crippen molar-refractivity contribution in [3.05, 3.63) is 50.2 Å². The Morgan fingerprint density at radius 1 is 1.00 bits per heavy atom. The highest BCUT2D eigenvalue weighted by atomic mass is 32.1. The van der Waals surface area contributed by atoms with E-state index in [1.807, 2.05) is 30.3 Å². The van der Waals surface area contributed by atoms with Gasteiger partial charge in [0.1, 0.15) is 11.2 Å². The van der Waals surface area contributed by atoms with E-state index in [-0.39, 0.29) is 5.56 Å². The van der Waals surface area contributed by atoms with Gasteiger partial charge in [-0.25, -0.2) is 0 Å². The van der Waals surface area contributed by atoms with Crippen LogP contribution in [0.1, 0.15) is 0 Å². The second kappa shape index (κ2) is 4.04. The molecule has 7 heteroatoms. The van der Waals surface area contributed by atoms with Crippen LogP contribution in [-0.2, 0) is 0 Å². The Morgan fingerprint density at radius 2 is 1.72 bits per heavy atom. The molecule has 0 spiro atoms. The van der Waals surface area contributed by atoms with Crippen LogP contribution in [0.3, 0.4) is 0 Å². The number of fused-ring (bicyclic) bond motifs is 1. The minimum absolute atomic E-state index is 0.283. The van der Waals surface area contributed by atoms with E-state index in [1.54, 1.807) is 4.57 Å². The first-order valence-corrected chi connectivity index (χ1v) is 6.01. The summed E-state index contributed by atoms with van der Waals surface area (Å²) < 4.78 is 2.45. The first-order valence-electron chi connectivity index (χ1n) is 5.19. The summed E-state index contributed by atoms with van der Waals surface area (Å²) in [6.07, 6.45) is 0. The number of hydrogen-bond acceptors (Lipinski definition) is 3. The largest absolute Gasteiger partial charge is 0.325 e. The first kappa shape index (κ1) is 11.1. The molecule has 0 aliphatic carbocycles. The van der Waals surface area contributed by atoms with Crippen molar-refractivity contribution in [1.82, 2.24) is 19.5 Å². The highest BCUT2D eigenvalue weighted by Crippen LogP contribution is 2.13. The van der Waals surface area contributed by atoms with E-state index in [1.165, 1.54) is 0 Å². The van der Waals surface area contributed by atoms with E-state index in [4.69, 9.17) is 24.4 Å². The van der Waals surface area contributed by atoms with Gasteiger partial charge in [0.05, 0.1) is 0 Å². The molecular formula is C11H8N4OS2. The van der Waals surface area contributed by atoms with Gasteiger partial charge in [-0.3, -0.25) is 14.3 Å². The smallest absolute Gasteiger partial charge is 0.277 e. The lowest BCUT2D eigenvalue weighted by Crippen LogP contribution is -2.13. The summed E-state index contributed by atoms with van der Waals surface area (Å²) in [4.78, 5) is 20.1. The third-order valence-electron chi connectivity index (χ3n) is 2.60. The van der Waals surface area contributed by atoms with Gasteiger partial charge in [-0.1, -0.05) is 18.2 Å². The first-order chi connectivity index (χ1) is 8.66. The monoisotopic (exact) mass is 276 g/mol. The lowest BCUT2D eigenvalue weighted by atomic mass is 10.3. The van der Waals surface area contributed by atoms with Gasteiger partial charge in [-0.05, 0) is 36.6 Å². The molecule has 0 amide bonds. The lowest BCUT2D eigenvalue weighted by Gasteiger charge is -2.07. The minimum atomic E-state index is -0.283. The Kier molecular flexibility index (Phi) is 2.49. The maximum atomic E-state index is 11.8. The molecule has 0 bridgehead atoms. The normalized spacial score (nSPS) is 10.9. The van der Waals surface area contributed by atoms with Crippen LogP contribution in [0.15, 0.2) is 35.1 Å². The Morgan fingerprint density at radius 3 is 2.44 bits per heavy atom. The topological polar surface area (TPSA) is 69.4 Å². The van der Waals surface area contributed by atoms with Crippen molar-refractivity contribution in [1.29, 1.82) is 0 Å². The van der Waals surface area contributed by atoms with Gasteiger partial charge < -0.3 is 9.97 Å². The third-order valence-corrected chi connectivity index (χ3v) is 3.08. The third kappa shape index (κ3) is 1.64. The molecule has 0 unspecified atom stereocenters. The molecule has 0 saturated heterocycles. The molecule has 0 radical (unpaired) electrons. The van der Waals surface area contributed by atoms with Crippen LogP contribution >= 0.6 is 24.4 Å². The van der Waals surface area contributed by atoms with Crippen molar-refractivity contribution in [2.45, 2.75) is 0 Å². The van der Waals surface area contributed by atoms with Gasteiger partial charge in [-0.2, -0.15) is 0 Å². The summed E-state index contributed by atoms with van der Waals surface area (Å²) in [6.45, 7) is 0. The summed E-state index contributed by atoms with van der Waals surface area (Å²) >= 11 is 10.2. The fourth-order valence-electron chi connectivity index (χ4n) is 1.85. The van der Waals surface area contributed by atoms with Crippen molar-refractivity contribution in [3.8, 4) is 5.69 Å². The zero-order valence-electron chi connectivity index (χ0n) is 9.06. The second-order valence-corrected chi connectivity index (χ2v) is 4.53. The van der Waals surface area contributed by atoms with E-state index in [9.17, 15) is 4.79 Å². The van der Waals surface area contributed by atoms with E-state index < -0.39 is 0 Å². The molecular weight excluding hydrogens is 268 g/mol. The number of aromatic nitrogens is 4. The Bertz CT molecular complexity index is 885. The fraction of sp³-hybridized carbons (Fsp3) is 0. The number of para-hydroxylation sites is 1.